The normalized spacial score (nSPS) is 10.9. The number of ether oxygens (including phenoxy) is 1. The molecule has 0 N–H and O–H groups in total. The van der Waals surface area contributed by atoms with E-state index in [4.69, 9.17) is 4.74 Å². The van der Waals surface area contributed by atoms with Gasteiger partial charge in [0.15, 0.2) is 6.29 Å². The predicted molar refractivity (Wildman–Crippen MR) is 89.9 cm³/mol. The molecule has 0 saturated carbocycles. The highest BCUT2D eigenvalue weighted by molar-refractivity contribution is 5.73. The second-order valence-corrected chi connectivity index (χ2v) is 5.58. The van der Waals surface area contributed by atoms with Crippen molar-refractivity contribution in [2.24, 2.45) is 0 Å². The van der Waals surface area contributed by atoms with Gasteiger partial charge < -0.3 is 4.74 Å². The molecule has 1 heterocycles. The van der Waals surface area contributed by atoms with Crippen molar-refractivity contribution in [3.05, 3.63) is 41.7 Å². The minimum absolute atomic E-state index is 0.339. The van der Waals surface area contributed by atoms with E-state index in [0.717, 1.165) is 50.0 Å². The maximum atomic E-state index is 11.2. The molecule has 0 aliphatic heterocycles. The first-order chi connectivity index (χ1) is 11.3. The molecule has 5 heteroatoms. The van der Waals surface area contributed by atoms with Crippen molar-refractivity contribution < 1.29 is 9.53 Å². The van der Waals surface area contributed by atoms with E-state index in [2.05, 4.69) is 24.2 Å². The molecule has 0 radical (unpaired) electrons. The highest BCUT2D eigenvalue weighted by Gasteiger charge is 2.19. The predicted octanol–water partition coefficient (Wildman–Crippen LogP) is 3.85. The summed E-state index contributed by atoms with van der Waals surface area (Å²) in [5.41, 5.74) is 1.47. The number of aryl methyl sites for hydroxylation is 1. The summed E-state index contributed by atoms with van der Waals surface area (Å²) >= 11 is 0. The van der Waals surface area contributed by atoms with Crippen LogP contribution in [0.2, 0.25) is 0 Å². The zero-order chi connectivity index (χ0) is 16.5. The molecule has 124 valence electrons. The number of rotatable bonds is 10. The molecular weight excluding hydrogens is 290 g/mol. The summed E-state index contributed by atoms with van der Waals surface area (Å²) in [5, 5.41) is 8.17. The van der Waals surface area contributed by atoms with Crippen LogP contribution < -0.4 is 4.74 Å². The SMILES string of the molecule is CCC(CC)c1c(C=O)nnn1CCCCOc1ccccc1. The standard InChI is InChI=1S/C18H25N3O2/c1-3-15(4-2)18-17(14-22)19-20-21(18)12-8-9-13-23-16-10-6-5-7-11-16/h5-7,10-11,14-15H,3-4,8-9,12-13H2,1-2H3. The van der Waals surface area contributed by atoms with Crippen molar-refractivity contribution in [1.29, 1.82) is 0 Å². The summed E-state index contributed by atoms with van der Waals surface area (Å²) in [6.45, 7) is 5.71. The van der Waals surface area contributed by atoms with Crippen molar-refractivity contribution >= 4 is 6.29 Å². The molecule has 23 heavy (non-hydrogen) atoms. The number of para-hydroxylation sites is 1. The highest BCUT2D eigenvalue weighted by atomic mass is 16.5. The van der Waals surface area contributed by atoms with Gasteiger partial charge in [0.2, 0.25) is 0 Å². The van der Waals surface area contributed by atoms with Crippen LogP contribution in [0.4, 0.5) is 0 Å². The minimum atomic E-state index is 0.339. The van der Waals surface area contributed by atoms with Crippen molar-refractivity contribution in [3.8, 4) is 5.75 Å². The number of nitrogens with zero attached hydrogens (tertiary/aromatic N) is 3. The monoisotopic (exact) mass is 315 g/mol. The summed E-state index contributed by atoms with van der Waals surface area (Å²) in [7, 11) is 0. The largest absolute Gasteiger partial charge is 0.494 e. The maximum Gasteiger partial charge on any atom is 0.172 e. The Kier molecular flexibility index (Phi) is 6.78. The molecule has 2 aromatic rings. The van der Waals surface area contributed by atoms with Gasteiger partial charge in [-0.15, -0.1) is 5.10 Å². The van der Waals surface area contributed by atoms with E-state index in [1.54, 1.807) is 0 Å². The molecule has 1 aromatic carbocycles. The number of benzene rings is 1. The Morgan fingerprint density at radius 3 is 2.57 bits per heavy atom. The Balaban J connectivity index is 1.85. The Hall–Kier alpha value is -2.17. The first-order valence-electron chi connectivity index (χ1n) is 8.36. The summed E-state index contributed by atoms with van der Waals surface area (Å²) in [4.78, 5) is 11.2. The van der Waals surface area contributed by atoms with E-state index >= 15 is 0 Å². The van der Waals surface area contributed by atoms with E-state index in [1.807, 2.05) is 35.0 Å². The molecule has 5 nitrogen and oxygen atoms in total. The fraction of sp³-hybridized carbons (Fsp3) is 0.500. The smallest absolute Gasteiger partial charge is 0.172 e. The molecule has 0 fully saturated rings. The molecule has 0 aliphatic rings. The third kappa shape index (κ3) is 4.65. The molecule has 2 rings (SSSR count). The number of aldehydes is 1. The van der Waals surface area contributed by atoms with E-state index in [9.17, 15) is 4.79 Å². The fourth-order valence-corrected chi connectivity index (χ4v) is 2.75. The number of aromatic nitrogens is 3. The third-order valence-corrected chi connectivity index (χ3v) is 4.06. The third-order valence-electron chi connectivity index (χ3n) is 4.06. The Morgan fingerprint density at radius 2 is 1.91 bits per heavy atom. The van der Waals surface area contributed by atoms with Crippen molar-refractivity contribution in [2.45, 2.75) is 52.0 Å². The van der Waals surface area contributed by atoms with Gasteiger partial charge in [0.05, 0.1) is 12.3 Å². The van der Waals surface area contributed by atoms with Gasteiger partial charge in [-0.05, 0) is 37.8 Å². The number of carbonyl (C=O) groups excluding carboxylic acids is 1. The molecular formula is C18H25N3O2. The number of unbranched alkanes of at least 4 members (excludes halogenated alkanes) is 1. The van der Waals surface area contributed by atoms with E-state index < -0.39 is 0 Å². The first-order valence-corrected chi connectivity index (χ1v) is 8.36. The lowest BCUT2D eigenvalue weighted by molar-refractivity contribution is 0.111. The second kappa shape index (κ2) is 9.08. The van der Waals surface area contributed by atoms with Gasteiger partial charge >= 0.3 is 0 Å². The average Bonchev–Trinajstić information content (AvgIpc) is 3.00. The van der Waals surface area contributed by atoms with Gasteiger partial charge in [-0.1, -0.05) is 37.3 Å². The van der Waals surface area contributed by atoms with Gasteiger partial charge in [-0.25, -0.2) is 4.68 Å². The van der Waals surface area contributed by atoms with Gasteiger partial charge in [0, 0.05) is 12.5 Å². The molecule has 0 amide bonds. The van der Waals surface area contributed by atoms with Crippen molar-refractivity contribution in [1.82, 2.24) is 15.0 Å². The van der Waals surface area contributed by atoms with Crippen molar-refractivity contribution in [2.75, 3.05) is 6.61 Å². The second-order valence-electron chi connectivity index (χ2n) is 5.58. The maximum absolute atomic E-state index is 11.2. The summed E-state index contributed by atoms with van der Waals surface area (Å²) in [6.07, 6.45) is 4.68. The Labute approximate surface area is 137 Å². The quantitative estimate of drug-likeness (QED) is 0.493. The zero-order valence-electron chi connectivity index (χ0n) is 13.9. The number of hydrogen-bond acceptors (Lipinski definition) is 4. The summed E-state index contributed by atoms with van der Waals surface area (Å²) < 4.78 is 7.58. The van der Waals surface area contributed by atoms with Crippen LogP contribution in [0.5, 0.6) is 5.75 Å². The van der Waals surface area contributed by atoms with Crippen LogP contribution in [-0.4, -0.2) is 27.9 Å². The first kappa shape index (κ1) is 17.2. The number of hydrogen-bond donors (Lipinski definition) is 0. The van der Waals surface area contributed by atoms with Crippen LogP contribution in [0, 0.1) is 0 Å². The van der Waals surface area contributed by atoms with Gasteiger partial charge in [-0.2, -0.15) is 0 Å². The Morgan fingerprint density at radius 1 is 1.17 bits per heavy atom. The van der Waals surface area contributed by atoms with Crippen LogP contribution in [0.15, 0.2) is 30.3 Å². The van der Waals surface area contributed by atoms with Crippen LogP contribution >= 0.6 is 0 Å². The van der Waals surface area contributed by atoms with Gasteiger partial charge in [0.25, 0.3) is 0 Å². The zero-order valence-corrected chi connectivity index (χ0v) is 13.9. The summed E-state index contributed by atoms with van der Waals surface area (Å²) in [5.74, 6) is 1.24. The summed E-state index contributed by atoms with van der Waals surface area (Å²) in [6, 6.07) is 9.82. The number of carbonyl (C=O) groups is 1. The molecule has 0 atom stereocenters. The van der Waals surface area contributed by atoms with E-state index in [-0.39, 0.29) is 0 Å². The molecule has 0 saturated heterocycles. The average molecular weight is 315 g/mol. The fourth-order valence-electron chi connectivity index (χ4n) is 2.75. The van der Waals surface area contributed by atoms with E-state index in [1.165, 1.54) is 0 Å². The Bertz CT molecular complexity index is 592. The lowest BCUT2D eigenvalue weighted by Gasteiger charge is -2.15. The minimum Gasteiger partial charge on any atom is -0.494 e. The molecule has 1 aromatic heterocycles. The lowest BCUT2D eigenvalue weighted by atomic mass is 9.97. The van der Waals surface area contributed by atoms with Crippen LogP contribution in [0.3, 0.4) is 0 Å². The van der Waals surface area contributed by atoms with Crippen LogP contribution in [-0.2, 0) is 6.54 Å². The van der Waals surface area contributed by atoms with Gasteiger partial charge in [-0.3, -0.25) is 4.79 Å². The molecule has 0 aliphatic carbocycles. The van der Waals surface area contributed by atoms with Crippen LogP contribution in [0.1, 0.15) is 61.6 Å². The molecule has 0 bridgehead atoms. The topological polar surface area (TPSA) is 57.0 Å². The molecule has 0 unspecified atom stereocenters. The van der Waals surface area contributed by atoms with Gasteiger partial charge in [0.1, 0.15) is 11.4 Å². The lowest BCUT2D eigenvalue weighted by Crippen LogP contribution is -2.11. The highest BCUT2D eigenvalue weighted by Crippen LogP contribution is 2.24. The molecule has 0 spiro atoms. The van der Waals surface area contributed by atoms with E-state index in [0.29, 0.717) is 18.2 Å². The van der Waals surface area contributed by atoms with Crippen molar-refractivity contribution in [3.63, 3.8) is 0 Å². The van der Waals surface area contributed by atoms with Crippen LogP contribution in [0.25, 0.3) is 0 Å².